The fraction of sp³-hybridized carbons (Fsp3) is 0.400. The highest BCUT2D eigenvalue weighted by Gasteiger charge is 2.28. The first-order valence-electron chi connectivity index (χ1n) is 13.2. The fourth-order valence-electron chi connectivity index (χ4n) is 4.51. The Bertz CT molecular complexity index is 1650. The quantitative estimate of drug-likeness (QED) is 0.137. The van der Waals surface area contributed by atoms with Crippen LogP contribution >= 0.6 is 0 Å². The van der Waals surface area contributed by atoms with Crippen molar-refractivity contribution in [1.82, 2.24) is 14.1 Å². The second-order valence-electron chi connectivity index (χ2n) is 12.1. The molecule has 0 N–H and O–H groups in total. The molecule has 2 aromatic heterocycles. The minimum atomic E-state index is -1.31. The smallest absolute Gasteiger partial charge is 0.419 e. The molecular weight excluding hydrogens is 524 g/mol. The normalized spacial score (nSPS) is 12.1. The summed E-state index contributed by atoms with van der Waals surface area (Å²) in [5.74, 6) is 0.145. The molecular formula is C30H36N4O5Si. The van der Waals surface area contributed by atoms with E-state index in [9.17, 15) is 14.9 Å². The molecule has 4 rings (SSSR count). The minimum absolute atomic E-state index is 0.129. The Labute approximate surface area is 235 Å². The third kappa shape index (κ3) is 5.95. The van der Waals surface area contributed by atoms with Gasteiger partial charge in [0, 0.05) is 26.3 Å². The van der Waals surface area contributed by atoms with Crippen LogP contribution in [0.1, 0.15) is 48.1 Å². The van der Waals surface area contributed by atoms with Gasteiger partial charge in [0.2, 0.25) is 5.78 Å². The number of hydrogen-bond donors (Lipinski definition) is 0. The number of ketones is 1. The third-order valence-electron chi connectivity index (χ3n) is 6.46. The molecule has 0 saturated heterocycles. The molecule has 2 aromatic carbocycles. The van der Waals surface area contributed by atoms with E-state index in [0.717, 1.165) is 11.6 Å². The standard InChI is InChI=1S/C30H36N4O5Si/c1-19-15-24(37-5)25(21-11-12-33(26(19)21)29(36)39-30(2,3)4)27(35)28-32-22-16-20(17-31)9-10-23(22)34(28)18-38-13-14-40(6,7)8/h9-12,15-16H,13-14,18H2,1-8H3. The van der Waals surface area contributed by atoms with Gasteiger partial charge in [0.15, 0.2) is 5.82 Å². The Morgan fingerprint density at radius 2 is 1.85 bits per heavy atom. The first-order chi connectivity index (χ1) is 18.7. The van der Waals surface area contributed by atoms with Crippen molar-refractivity contribution in [3.05, 3.63) is 59.0 Å². The largest absolute Gasteiger partial charge is 0.496 e. The van der Waals surface area contributed by atoms with Crippen LogP contribution in [0.25, 0.3) is 21.9 Å². The van der Waals surface area contributed by atoms with E-state index in [1.54, 1.807) is 61.9 Å². The summed E-state index contributed by atoms with van der Waals surface area (Å²) in [5.41, 5.74) is 2.55. The van der Waals surface area contributed by atoms with Crippen LogP contribution in [0.2, 0.25) is 25.7 Å². The Kier molecular flexibility index (Phi) is 7.92. The molecule has 0 saturated carbocycles. The molecule has 0 atom stereocenters. The van der Waals surface area contributed by atoms with Gasteiger partial charge in [0.05, 0.1) is 40.9 Å². The number of fused-ring (bicyclic) bond motifs is 2. The maximum absolute atomic E-state index is 14.3. The molecule has 0 amide bonds. The van der Waals surface area contributed by atoms with Gasteiger partial charge in [0.25, 0.3) is 0 Å². The van der Waals surface area contributed by atoms with E-state index >= 15 is 0 Å². The SMILES string of the molecule is COc1cc(C)c2c(ccn2C(=O)OC(C)(C)C)c1C(=O)c1nc2cc(C#N)ccc2n1COCC[Si](C)(C)C. The van der Waals surface area contributed by atoms with Gasteiger partial charge < -0.3 is 14.2 Å². The van der Waals surface area contributed by atoms with Crippen molar-refractivity contribution < 1.29 is 23.8 Å². The van der Waals surface area contributed by atoms with Crippen molar-refractivity contribution >= 4 is 41.9 Å². The zero-order chi connectivity index (χ0) is 29.4. The van der Waals surface area contributed by atoms with E-state index in [1.807, 2.05) is 6.92 Å². The molecule has 2 heterocycles. The molecule has 210 valence electrons. The summed E-state index contributed by atoms with van der Waals surface area (Å²) >= 11 is 0. The number of hydrogen-bond acceptors (Lipinski definition) is 7. The molecule has 0 fully saturated rings. The van der Waals surface area contributed by atoms with Gasteiger partial charge >= 0.3 is 6.09 Å². The average Bonchev–Trinajstić information content (AvgIpc) is 3.46. The van der Waals surface area contributed by atoms with Crippen LogP contribution in [-0.4, -0.2) is 53.4 Å². The zero-order valence-electron chi connectivity index (χ0n) is 24.4. The summed E-state index contributed by atoms with van der Waals surface area (Å²) in [5, 5.41) is 9.96. The third-order valence-corrected chi connectivity index (χ3v) is 8.16. The van der Waals surface area contributed by atoms with E-state index < -0.39 is 19.8 Å². The Hall–Kier alpha value is -3.94. The van der Waals surface area contributed by atoms with Crippen molar-refractivity contribution in [1.29, 1.82) is 5.26 Å². The lowest BCUT2D eigenvalue weighted by molar-refractivity contribution is 0.0544. The van der Waals surface area contributed by atoms with Gasteiger partial charge in [0.1, 0.15) is 18.1 Å². The lowest BCUT2D eigenvalue weighted by Crippen LogP contribution is -2.26. The van der Waals surface area contributed by atoms with E-state index in [-0.39, 0.29) is 23.9 Å². The molecule has 4 aromatic rings. The van der Waals surface area contributed by atoms with Gasteiger partial charge in [-0.05, 0) is 69.6 Å². The van der Waals surface area contributed by atoms with E-state index in [4.69, 9.17) is 14.2 Å². The van der Waals surface area contributed by atoms with Crippen molar-refractivity contribution in [2.45, 2.75) is 65.7 Å². The van der Waals surface area contributed by atoms with Crippen LogP contribution in [0.15, 0.2) is 36.5 Å². The molecule has 0 unspecified atom stereocenters. The van der Waals surface area contributed by atoms with Gasteiger partial charge in [-0.15, -0.1) is 0 Å². The highest BCUT2D eigenvalue weighted by Crippen LogP contribution is 2.35. The summed E-state index contributed by atoms with van der Waals surface area (Å²) in [6.07, 6.45) is 1.06. The summed E-state index contributed by atoms with van der Waals surface area (Å²) in [7, 11) is 0.190. The van der Waals surface area contributed by atoms with E-state index in [0.29, 0.717) is 39.9 Å². The lowest BCUT2D eigenvalue weighted by Gasteiger charge is -2.20. The predicted molar refractivity (Wildman–Crippen MR) is 157 cm³/mol. The number of aryl methyl sites for hydroxylation is 1. The van der Waals surface area contributed by atoms with Gasteiger partial charge in [-0.1, -0.05) is 19.6 Å². The lowest BCUT2D eigenvalue weighted by atomic mass is 10.0. The number of imidazole rings is 1. The van der Waals surface area contributed by atoms with Crippen LogP contribution in [0.3, 0.4) is 0 Å². The molecule has 0 aliphatic heterocycles. The predicted octanol–water partition coefficient (Wildman–Crippen LogP) is 6.51. The number of nitrogens with zero attached hydrogens (tertiary/aromatic N) is 4. The van der Waals surface area contributed by atoms with Crippen molar-refractivity contribution in [2.75, 3.05) is 13.7 Å². The number of nitriles is 1. The fourth-order valence-corrected chi connectivity index (χ4v) is 5.27. The summed E-state index contributed by atoms with van der Waals surface area (Å²) in [4.78, 5) is 32.0. The van der Waals surface area contributed by atoms with Crippen LogP contribution in [-0.2, 0) is 16.2 Å². The van der Waals surface area contributed by atoms with Crippen molar-refractivity contribution in [2.24, 2.45) is 0 Å². The molecule has 0 bridgehead atoms. The van der Waals surface area contributed by atoms with Gasteiger partial charge in [-0.2, -0.15) is 5.26 Å². The number of carbonyl (C=O) groups is 2. The second kappa shape index (κ2) is 10.9. The number of ether oxygens (including phenoxy) is 3. The Morgan fingerprint density at radius 1 is 1.12 bits per heavy atom. The Balaban J connectivity index is 1.86. The number of rotatable bonds is 8. The molecule has 40 heavy (non-hydrogen) atoms. The van der Waals surface area contributed by atoms with Crippen molar-refractivity contribution in [3.8, 4) is 11.8 Å². The summed E-state index contributed by atoms with van der Waals surface area (Å²) in [6, 6.07) is 11.7. The molecule has 0 spiro atoms. The first-order valence-corrected chi connectivity index (χ1v) is 16.9. The highest BCUT2D eigenvalue weighted by atomic mass is 28.3. The molecule has 9 nitrogen and oxygen atoms in total. The number of methoxy groups -OCH3 is 1. The maximum Gasteiger partial charge on any atom is 0.419 e. The van der Waals surface area contributed by atoms with E-state index in [2.05, 4.69) is 30.7 Å². The molecule has 0 aliphatic rings. The second-order valence-corrected chi connectivity index (χ2v) is 17.7. The topological polar surface area (TPSA) is 108 Å². The van der Waals surface area contributed by atoms with Crippen LogP contribution in [0.4, 0.5) is 4.79 Å². The number of benzene rings is 2. The number of carbonyl (C=O) groups excluding carboxylic acids is 2. The van der Waals surface area contributed by atoms with Crippen molar-refractivity contribution in [3.63, 3.8) is 0 Å². The molecule has 10 heteroatoms. The molecule has 0 radical (unpaired) electrons. The summed E-state index contributed by atoms with van der Waals surface area (Å²) < 4.78 is 20.4. The van der Waals surface area contributed by atoms with Crippen LogP contribution < -0.4 is 4.74 Å². The van der Waals surface area contributed by atoms with Gasteiger partial charge in [-0.25, -0.2) is 9.78 Å². The van der Waals surface area contributed by atoms with Crippen LogP contribution in [0.5, 0.6) is 5.75 Å². The zero-order valence-corrected chi connectivity index (χ0v) is 25.4. The minimum Gasteiger partial charge on any atom is -0.496 e. The Morgan fingerprint density at radius 3 is 2.48 bits per heavy atom. The summed E-state index contributed by atoms with van der Waals surface area (Å²) in [6.45, 7) is 14.8. The number of aromatic nitrogens is 3. The highest BCUT2D eigenvalue weighted by molar-refractivity contribution is 6.76. The van der Waals surface area contributed by atoms with Crippen LogP contribution in [0, 0.1) is 18.3 Å². The first kappa shape index (κ1) is 29.0. The van der Waals surface area contributed by atoms with Gasteiger partial charge in [-0.3, -0.25) is 13.9 Å². The van der Waals surface area contributed by atoms with E-state index in [1.165, 1.54) is 11.7 Å². The monoisotopic (exact) mass is 560 g/mol. The maximum atomic E-state index is 14.3. The molecule has 0 aliphatic carbocycles. The average molecular weight is 561 g/mol.